The van der Waals surface area contributed by atoms with E-state index in [9.17, 15) is 4.79 Å². The predicted octanol–water partition coefficient (Wildman–Crippen LogP) is 2.53. The van der Waals surface area contributed by atoms with E-state index in [4.69, 9.17) is 4.74 Å². The van der Waals surface area contributed by atoms with Crippen LogP contribution in [0, 0.1) is 0 Å². The zero-order chi connectivity index (χ0) is 18.1. The van der Waals surface area contributed by atoms with Crippen LogP contribution in [0.25, 0.3) is 10.9 Å². The lowest BCUT2D eigenvalue weighted by Gasteiger charge is -2.26. The number of nitrogens with one attached hydrogen (secondary N) is 2. The Morgan fingerprint density at radius 3 is 2.77 bits per heavy atom. The van der Waals surface area contributed by atoms with Crippen molar-refractivity contribution in [3.05, 3.63) is 30.0 Å². The highest BCUT2D eigenvalue weighted by Gasteiger charge is 2.24. The molecule has 140 valence electrons. The number of ether oxygens (including phenoxy) is 1. The van der Waals surface area contributed by atoms with Crippen molar-refractivity contribution >= 4 is 22.5 Å². The average molecular weight is 356 g/mol. The monoisotopic (exact) mass is 356 g/mol. The second-order valence-electron chi connectivity index (χ2n) is 7.61. The van der Waals surface area contributed by atoms with Crippen LogP contribution in [0.5, 0.6) is 0 Å². The number of H-pyrrole nitrogens is 1. The number of likely N-dealkylation sites (tertiary alicyclic amines) is 1. The number of benzene rings is 1. The quantitative estimate of drug-likeness (QED) is 0.884. The number of nitrogens with zero attached hydrogens (tertiary/aromatic N) is 2. The first kappa shape index (κ1) is 17.4. The largest absolute Gasteiger partial charge is 0.381 e. The third kappa shape index (κ3) is 3.57. The molecule has 0 spiro atoms. The third-order valence-corrected chi connectivity index (χ3v) is 5.47. The minimum Gasteiger partial charge on any atom is -0.381 e. The summed E-state index contributed by atoms with van der Waals surface area (Å²) in [6, 6.07) is 9.35. The number of rotatable bonds is 4. The number of fused-ring (bicyclic) bond motifs is 1. The predicted molar refractivity (Wildman–Crippen MR) is 104 cm³/mol. The van der Waals surface area contributed by atoms with Gasteiger partial charge in [0, 0.05) is 54.9 Å². The highest BCUT2D eigenvalue weighted by atomic mass is 16.5. The van der Waals surface area contributed by atoms with Crippen LogP contribution < -0.4 is 5.32 Å². The van der Waals surface area contributed by atoms with Crippen LogP contribution in [-0.2, 0) is 4.74 Å². The van der Waals surface area contributed by atoms with Crippen LogP contribution in [0.15, 0.2) is 24.3 Å². The minimum atomic E-state index is 0.0578. The summed E-state index contributed by atoms with van der Waals surface area (Å²) in [7, 11) is 0. The van der Waals surface area contributed by atoms with Crippen LogP contribution in [0.1, 0.15) is 30.8 Å². The molecule has 6 heteroatoms. The van der Waals surface area contributed by atoms with Gasteiger partial charge in [-0.3, -0.25) is 9.69 Å². The summed E-state index contributed by atoms with van der Waals surface area (Å²) in [5, 5.41) is 4.73. The molecule has 2 aromatic rings. The molecule has 0 saturated carbocycles. The summed E-state index contributed by atoms with van der Waals surface area (Å²) in [5.41, 5.74) is 2.78. The van der Waals surface area contributed by atoms with Gasteiger partial charge in [0.1, 0.15) is 5.69 Å². The van der Waals surface area contributed by atoms with Crippen molar-refractivity contribution in [1.82, 2.24) is 14.8 Å². The van der Waals surface area contributed by atoms with E-state index in [0.29, 0.717) is 44.1 Å². The lowest BCUT2D eigenvalue weighted by atomic mass is 10.2. The van der Waals surface area contributed by atoms with Crippen LogP contribution in [0.4, 0.5) is 5.69 Å². The number of anilines is 1. The van der Waals surface area contributed by atoms with Gasteiger partial charge < -0.3 is 19.9 Å². The highest BCUT2D eigenvalue weighted by Crippen LogP contribution is 2.23. The summed E-state index contributed by atoms with van der Waals surface area (Å²) in [6.45, 7) is 9.31. The number of carbonyl (C=O) groups excluding carboxylic acids is 1. The molecule has 1 amide bonds. The molecule has 0 bridgehead atoms. The fourth-order valence-corrected chi connectivity index (χ4v) is 3.88. The van der Waals surface area contributed by atoms with E-state index >= 15 is 0 Å². The van der Waals surface area contributed by atoms with E-state index in [0.717, 1.165) is 29.7 Å². The van der Waals surface area contributed by atoms with E-state index in [2.05, 4.69) is 47.2 Å². The summed E-state index contributed by atoms with van der Waals surface area (Å²) in [5.74, 6) is 0.0578. The lowest BCUT2D eigenvalue weighted by molar-refractivity contribution is 0.0299. The SMILES string of the molecule is CC(C)N1CCC(Nc2ccc3[nH]c(C(=O)N4CCOCC4)cc3c2)C1. The van der Waals surface area contributed by atoms with Crippen molar-refractivity contribution < 1.29 is 9.53 Å². The molecule has 2 saturated heterocycles. The van der Waals surface area contributed by atoms with E-state index < -0.39 is 0 Å². The Morgan fingerprint density at radius 1 is 1.23 bits per heavy atom. The normalized spacial score (nSPS) is 21.7. The number of carbonyl (C=O) groups is 1. The Hall–Kier alpha value is -2.05. The molecule has 1 atom stereocenters. The van der Waals surface area contributed by atoms with E-state index in [1.807, 2.05) is 11.0 Å². The van der Waals surface area contributed by atoms with Crippen LogP contribution in [0.3, 0.4) is 0 Å². The van der Waals surface area contributed by atoms with Crippen molar-refractivity contribution in [1.29, 1.82) is 0 Å². The van der Waals surface area contributed by atoms with Crippen LogP contribution >= 0.6 is 0 Å². The molecule has 3 heterocycles. The molecule has 1 unspecified atom stereocenters. The van der Waals surface area contributed by atoms with Crippen molar-refractivity contribution in [2.24, 2.45) is 0 Å². The van der Waals surface area contributed by atoms with Crippen molar-refractivity contribution in [2.75, 3.05) is 44.7 Å². The Balaban J connectivity index is 1.46. The number of hydrogen-bond donors (Lipinski definition) is 2. The molecule has 4 rings (SSSR count). The molecule has 0 aliphatic carbocycles. The Kier molecular flexibility index (Phi) is 4.87. The fraction of sp³-hybridized carbons (Fsp3) is 0.550. The van der Waals surface area contributed by atoms with E-state index in [-0.39, 0.29) is 5.91 Å². The van der Waals surface area contributed by atoms with Gasteiger partial charge in [-0.1, -0.05) is 0 Å². The van der Waals surface area contributed by atoms with Crippen LogP contribution in [0.2, 0.25) is 0 Å². The minimum absolute atomic E-state index is 0.0578. The maximum absolute atomic E-state index is 12.7. The third-order valence-electron chi connectivity index (χ3n) is 5.47. The van der Waals surface area contributed by atoms with Gasteiger partial charge in [-0.2, -0.15) is 0 Å². The summed E-state index contributed by atoms with van der Waals surface area (Å²) >= 11 is 0. The second kappa shape index (κ2) is 7.29. The summed E-state index contributed by atoms with van der Waals surface area (Å²) in [4.78, 5) is 20.3. The topological polar surface area (TPSA) is 60.6 Å². The summed E-state index contributed by atoms with van der Waals surface area (Å²) < 4.78 is 5.33. The molecule has 1 aromatic carbocycles. The van der Waals surface area contributed by atoms with Gasteiger partial charge in [-0.25, -0.2) is 0 Å². The Labute approximate surface area is 154 Å². The zero-order valence-corrected chi connectivity index (χ0v) is 15.6. The molecule has 2 aliphatic heterocycles. The van der Waals surface area contributed by atoms with Gasteiger partial charge in [0.15, 0.2) is 0 Å². The molecule has 2 fully saturated rings. The smallest absolute Gasteiger partial charge is 0.270 e. The molecule has 0 radical (unpaired) electrons. The number of morpholine rings is 1. The molecular formula is C20H28N4O2. The summed E-state index contributed by atoms with van der Waals surface area (Å²) in [6.07, 6.45) is 1.17. The van der Waals surface area contributed by atoms with Crippen molar-refractivity contribution in [3.63, 3.8) is 0 Å². The fourth-order valence-electron chi connectivity index (χ4n) is 3.88. The highest BCUT2D eigenvalue weighted by molar-refractivity contribution is 5.98. The molecular weight excluding hydrogens is 328 g/mol. The van der Waals surface area contributed by atoms with Gasteiger partial charge in [0.2, 0.25) is 0 Å². The van der Waals surface area contributed by atoms with Gasteiger partial charge in [0.05, 0.1) is 13.2 Å². The molecule has 6 nitrogen and oxygen atoms in total. The maximum Gasteiger partial charge on any atom is 0.270 e. The Bertz CT molecular complexity index is 779. The van der Waals surface area contributed by atoms with Gasteiger partial charge in [-0.15, -0.1) is 0 Å². The molecule has 2 aliphatic rings. The second-order valence-corrected chi connectivity index (χ2v) is 7.61. The van der Waals surface area contributed by atoms with E-state index in [1.54, 1.807) is 0 Å². The first-order chi connectivity index (χ1) is 12.6. The average Bonchev–Trinajstić information content (AvgIpc) is 3.28. The zero-order valence-electron chi connectivity index (χ0n) is 15.6. The van der Waals surface area contributed by atoms with Gasteiger partial charge in [0.25, 0.3) is 5.91 Å². The van der Waals surface area contributed by atoms with Crippen LogP contribution in [-0.4, -0.2) is 72.2 Å². The number of amides is 1. The Morgan fingerprint density at radius 2 is 2.04 bits per heavy atom. The molecule has 1 aromatic heterocycles. The number of aromatic nitrogens is 1. The van der Waals surface area contributed by atoms with Crippen molar-refractivity contribution in [2.45, 2.75) is 32.4 Å². The first-order valence-corrected chi connectivity index (χ1v) is 9.60. The number of aromatic amines is 1. The van der Waals surface area contributed by atoms with Gasteiger partial charge >= 0.3 is 0 Å². The van der Waals surface area contributed by atoms with E-state index in [1.165, 1.54) is 6.42 Å². The molecule has 26 heavy (non-hydrogen) atoms. The first-order valence-electron chi connectivity index (χ1n) is 9.60. The standard InChI is InChI=1S/C20H28N4O2/c1-14(2)24-6-5-17(13-24)21-16-3-4-18-15(11-16)12-19(22-18)20(25)23-7-9-26-10-8-23/h3-4,11-12,14,17,21-22H,5-10,13H2,1-2H3. The van der Waals surface area contributed by atoms with Crippen molar-refractivity contribution in [3.8, 4) is 0 Å². The molecule has 2 N–H and O–H groups in total. The van der Waals surface area contributed by atoms with Gasteiger partial charge in [-0.05, 0) is 44.5 Å². The maximum atomic E-state index is 12.7. The lowest BCUT2D eigenvalue weighted by Crippen LogP contribution is -2.40. The number of hydrogen-bond acceptors (Lipinski definition) is 4.